The van der Waals surface area contributed by atoms with Gasteiger partial charge in [0.25, 0.3) is 5.91 Å². The summed E-state index contributed by atoms with van der Waals surface area (Å²) >= 11 is 6.05. The molecule has 2 heterocycles. The molecule has 9 heteroatoms. The Balaban J connectivity index is 1.64. The number of halogens is 1. The van der Waals surface area contributed by atoms with E-state index in [1.807, 2.05) is 0 Å². The Hall–Kier alpha value is -2.32. The second kappa shape index (κ2) is 9.66. The quantitative estimate of drug-likeness (QED) is 0.596. The van der Waals surface area contributed by atoms with E-state index >= 15 is 0 Å². The van der Waals surface area contributed by atoms with Crippen LogP contribution in [-0.4, -0.2) is 44.9 Å². The number of hydrogen-bond acceptors (Lipinski definition) is 6. The van der Waals surface area contributed by atoms with E-state index < -0.39 is 9.84 Å². The fourth-order valence-corrected chi connectivity index (χ4v) is 5.16. The van der Waals surface area contributed by atoms with Gasteiger partial charge < -0.3 is 14.1 Å². The lowest BCUT2D eigenvalue weighted by molar-refractivity contribution is -0.149. The summed E-state index contributed by atoms with van der Waals surface area (Å²) in [6.45, 7) is 2.81. The minimum absolute atomic E-state index is 0.0578. The molecule has 1 aromatic heterocycles. The number of hydrogen-bond donors (Lipinski definition) is 0. The summed E-state index contributed by atoms with van der Waals surface area (Å²) in [6.07, 6.45) is 1.36. The van der Waals surface area contributed by atoms with E-state index in [-0.39, 0.29) is 47.4 Å². The van der Waals surface area contributed by atoms with Crippen LogP contribution in [0.15, 0.2) is 40.8 Å². The summed E-state index contributed by atoms with van der Waals surface area (Å²) in [4.78, 5) is 26.3. The van der Waals surface area contributed by atoms with Crippen molar-refractivity contribution in [3.05, 3.63) is 58.5 Å². The number of esters is 1. The third kappa shape index (κ3) is 5.64. The van der Waals surface area contributed by atoms with Crippen molar-refractivity contribution in [3.8, 4) is 0 Å². The second-order valence-electron chi connectivity index (χ2n) is 7.23. The van der Waals surface area contributed by atoms with Crippen molar-refractivity contribution < 1.29 is 27.2 Å². The van der Waals surface area contributed by atoms with E-state index in [0.29, 0.717) is 36.6 Å². The van der Waals surface area contributed by atoms with Crippen LogP contribution in [0.4, 0.5) is 0 Å². The molecule has 0 bridgehead atoms. The Labute approximate surface area is 180 Å². The standard InChI is InChI=1S/C21H24ClNO6S/c1-2-28-21(25)15-7-5-11-23(12-15)20(24)19-10-9-17(29-19)14-30(26,27)13-16-6-3-4-8-18(16)22/h3-4,6,8-10,15H,2,5,7,11-14H2,1H3. The van der Waals surface area contributed by atoms with Gasteiger partial charge >= 0.3 is 5.97 Å². The van der Waals surface area contributed by atoms with E-state index in [1.54, 1.807) is 36.1 Å². The fraction of sp³-hybridized carbons (Fsp3) is 0.429. The number of rotatable bonds is 7. The van der Waals surface area contributed by atoms with Crippen molar-refractivity contribution in [1.82, 2.24) is 4.90 Å². The molecule has 1 fully saturated rings. The van der Waals surface area contributed by atoms with Crippen molar-refractivity contribution in [2.24, 2.45) is 5.92 Å². The minimum Gasteiger partial charge on any atom is -0.466 e. The maximum absolute atomic E-state index is 12.8. The van der Waals surface area contributed by atoms with Gasteiger partial charge in [-0.3, -0.25) is 9.59 Å². The average molecular weight is 454 g/mol. The molecule has 1 atom stereocenters. The topological polar surface area (TPSA) is 93.9 Å². The molecule has 7 nitrogen and oxygen atoms in total. The minimum atomic E-state index is -3.54. The first-order valence-corrected chi connectivity index (χ1v) is 12.0. The molecule has 1 unspecified atom stereocenters. The largest absolute Gasteiger partial charge is 0.466 e. The molecule has 0 aliphatic carbocycles. The van der Waals surface area contributed by atoms with Crippen LogP contribution in [0.3, 0.4) is 0 Å². The summed E-state index contributed by atoms with van der Waals surface area (Å²) in [5, 5.41) is 0.387. The maximum atomic E-state index is 12.8. The van der Waals surface area contributed by atoms with Crippen molar-refractivity contribution >= 4 is 33.3 Å². The number of furan rings is 1. The van der Waals surface area contributed by atoms with Crippen LogP contribution >= 0.6 is 11.6 Å². The summed E-state index contributed by atoms with van der Waals surface area (Å²) in [5.74, 6) is -1.33. The first-order chi connectivity index (χ1) is 14.3. The van der Waals surface area contributed by atoms with E-state index in [9.17, 15) is 18.0 Å². The van der Waals surface area contributed by atoms with Crippen LogP contribution in [-0.2, 0) is 30.9 Å². The normalized spacial score (nSPS) is 17.0. The Bertz CT molecular complexity index is 1020. The van der Waals surface area contributed by atoms with E-state index in [4.69, 9.17) is 20.8 Å². The van der Waals surface area contributed by atoms with Crippen molar-refractivity contribution in [1.29, 1.82) is 0 Å². The molecule has 1 amide bonds. The highest BCUT2D eigenvalue weighted by Gasteiger charge is 2.31. The van der Waals surface area contributed by atoms with Gasteiger partial charge in [-0.15, -0.1) is 0 Å². The van der Waals surface area contributed by atoms with Gasteiger partial charge in [-0.1, -0.05) is 29.8 Å². The Morgan fingerprint density at radius 2 is 1.97 bits per heavy atom. The highest BCUT2D eigenvalue weighted by molar-refractivity contribution is 7.89. The van der Waals surface area contributed by atoms with Crippen LogP contribution in [0, 0.1) is 5.92 Å². The molecule has 0 radical (unpaired) electrons. The number of carbonyl (C=O) groups is 2. The van der Waals surface area contributed by atoms with Gasteiger partial charge in [-0.2, -0.15) is 0 Å². The molecule has 1 aromatic carbocycles. The lowest BCUT2D eigenvalue weighted by Gasteiger charge is -2.30. The van der Waals surface area contributed by atoms with Crippen LogP contribution < -0.4 is 0 Å². The van der Waals surface area contributed by atoms with E-state index in [2.05, 4.69) is 0 Å². The molecule has 0 N–H and O–H groups in total. The number of sulfone groups is 1. The van der Waals surface area contributed by atoms with Gasteiger partial charge in [0.05, 0.1) is 18.3 Å². The third-order valence-electron chi connectivity index (χ3n) is 4.90. The van der Waals surface area contributed by atoms with Crippen LogP contribution in [0.1, 0.15) is 41.6 Å². The second-order valence-corrected chi connectivity index (χ2v) is 9.70. The highest BCUT2D eigenvalue weighted by Crippen LogP contribution is 2.23. The molecule has 1 aliphatic rings. The van der Waals surface area contributed by atoms with E-state index in [0.717, 1.165) is 0 Å². The number of piperidine rings is 1. The molecule has 0 saturated carbocycles. The molecular weight excluding hydrogens is 430 g/mol. The third-order valence-corrected chi connectivity index (χ3v) is 6.74. The van der Waals surface area contributed by atoms with Crippen LogP contribution in [0.2, 0.25) is 5.02 Å². The molecule has 30 heavy (non-hydrogen) atoms. The van der Waals surface area contributed by atoms with Gasteiger partial charge in [0.15, 0.2) is 15.6 Å². The number of nitrogens with zero attached hydrogens (tertiary/aromatic N) is 1. The Morgan fingerprint density at radius 3 is 2.70 bits per heavy atom. The molecule has 162 valence electrons. The fourth-order valence-electron chi connectivity index (χ4n) is 3.46. The number of likely N-dealkylation sites (tertiary alicyclic amines) is 1. The van der Waals surface area contributed by atoms with Crippen LogP contribution in [0.5, 0.6) is 0 Å². The summed E-state index contributed by atoms with van der Waals surface area (Å²) in [6, 6.07) is 9.71. The molecule has 3 rings (SSSR count). The molecule has 2 aromatic rings. The van der Waals surface area contributed by atoms with Gasteiger partial charge in [0.2, 0.25) is 0 Å². The Kier molecular flexibility index (Phi) is 7.20. The zero-order chi connectivity index (χ0) is 21.7. The van der Waals surface area contributed by atoms with Crippen molar-refractivity contribution in [3.63, 3.8) is 0 Å². The summed E-state index contributed by atoms with van der Waals surface area (Å²) < 4.78 is 35.6. The number of benzene rings is 1. The monoisotopic (exact) mass is 453 g/mol. The number of carbonyl (C=O) groups excluding carboxylic acids is 2. The summed E-state index contributed by atoms with van der Waals surface area (Å²) in [5.41, 5.74) is 0.514. The zero-order valence-electron chi connectivity index (χ0n) is 16.7. The van der Waals surface area contributed by atoms with Gasteiger partial charge in [-0.25, -0.2) is 8.42 Å². The van der Waals surface area contributed by atoms with Crippen molar-refractivity contribution in [2.75, 3.05) is 19.7 Å². The predicted molar refractivity (Wildman–Crippen MR) is 112 cm³/mol. The lowest BCUT2D eigenvalue weighted by atomic mass is 9.98. The van der Waals surface area contributed by atoms with Crippen LogP contribution in [0.25, 0.3) is 0 Å². The Morgan fingerprint density at radius 1 is 1.20 bits per heavy atom. The summed E-state index contributed by atoms with van der Waals surface area (Å²) in [7, 11) is -3.54. The number of ether oxygens (including phenoxy) is 1. The number of amides is 1. The van der Waals surface area contributed by atoms with Gasteiger partial charge in [0.1, 0.15) is 11.5 Å². The average Bonchev–Trinajstić information content (AvgIpc) is 3.17. The highest BCUT2D eigenvalue weighted by atomic mass is 35.5. The first kappa shape index (κ1) is 22.4. The molecule has 1 aliphatic heterocycles. The van der Waals surface area contributed by atoms with Gasteiger partial charge in [-0.05, 0) is 43.5 Å². The van der Waals surface area contributed by atoms with Crippen molar-refractivity contribution in [2.45, 2.75) is 31.3 Å². The molecule has 1 saturated heterocycles. The lowest BCUT2D eigenvalue weighted by Crippen LogP contribution is -2.42. The molecular formula is C21H24ClNO6S. The van der Waals surface area contributed by atoms with Gasteiger partial charge in [0, 0.05) is 18.1 Å². The first-order valence-electron chi connectivity index (χ1n) is 9.77. The predicted octanol–water partition coefficient (Wildman–Crippen LogP) is 3.46. The molecule has 0 spiro atoms. The smallest absolute Gasteiger partial charge is 0.310 e. The zero-order valence-corrected chi connectivity index (χ0v) is 18.2. The SMILES string of the molecule is CCOC(=O)C1CCCN(C(=O)c2ccc(CS(=O)(=O)Cc3ccccc3Cl)o2)C1. The maximum Gasteiger partial charge on any atom is 0.310 e. The van der Waals surface area contributed by atoms with E-state index in [1.165, 1.54) is 12.1 Å².